The number of rotatable bonds is 33. The molecule has 0 aliphatic heterocycles. The van der Waals surface area contributed by atoms with Gasteiger partial charge in [0.1, 0.15) is 11.9 Å². The van der Waals surface area contributed by atoms with Gasteiger partial charge in [0, 0.05) is 19.6 Å². The van der Waals surface area contributed by atoms with Crippen LogP contribution in [0, 0.1) is 32.6 Å². The first kappa shape index (κ1) is 67.6. The Balaban J connectivity index is 1.42. The summed E-state index contributed by atoms with van der Waals surface area (Å²) in [6.45, 7) is 29.9. The zero-order valence-corrected chi connectivity index (χ0v) is 55.4. The smallest absolute Gasteiger partial charge is 0.312 e. The second kappa shape index (κ2) is 30.7. The molecule has 0 aliphatic carbocycles. The van der Waals surface area contributed by atoms with E-state index in [0.717, 1.165) is 40.6 Å². The Morgan fingerprint density at radius 3 is 1.75 bits per heavy atom. The molecule has 454 valence electrons. The number of carbonyl (C=O) groups excluding carboxylic acids is 1. The number of nitrogens with zero attached hydrogens (tertiary/aromatic N) is 1. The van der Waals surface area contributed by atoms with Crippen molar-refractivity contribution in [3.05, 3.63) is 204 Å². The molecule has 0 heterocycles. The molecule has 0 aliphatic rings. The Morgan fingerprint density at radius 2 is 1.25 bits per heavy atom. The number of ether oxygens (including phenoxy) is 3. The second-order valence-electron chi connectivity index (χ2n) is 24.4. The minimum absolute atomic E-state index is 0.0179. The molecule has 0 saturated heterocycles. The van der Waals surface area contributed by atoms with Crippen molar-refractivity contribution in [3.8, 4) is 5.75 Å². The molecule has 0 aromatic heterocycles. The first-order valence-corrected chi connectivity index (χ1v) is 36.3. The molecule has 0 amide bonds. The third kappa shape index (κ3) is 16.9. The summed E-state index contributed by atoms with van der Waals surface area (Å²) in [7, 11) is -7.67. The zero-order chi connectivity index (χ0) is 61.3. The van der Waals surface area contributed by atoms with Gasteiger partial charge in [-0.05, 0) is 140 Å². The number of hydrogen-bond acceptors (Lipinski definition) is 9. The van der Waals surface area contributed by atoms with Crippen molar-refractivity contribution >= 4 is 43.0 Å². The third-order valence-electron chi connectivity index (χ3n) is 17.4. The van der Waals surface area contributed by atoms with Gasteiger partial charge in [-0.15, -0.1) is 6.58 Å². The second-order valence-corrected chi connectivity index (χ2v) is 35.3. The van der Waals surface area contributed by atoms with Crippen molar-refractivity contribution in [2.45, 2.75) is 186 Å². The number of benzene rings is 6. The van der Waals surface area contributed by atoms with Crippen LogP contribution in [0.25, 0.3) is 0 Å². The van der Waals surface area contributed by atoms with Crippen LogP contribution in [0.3, 0.4) is 0 Å². The van der Waals surface area contributed by atoms with Gasteiger partial charge in [-0.3, -0.25) is 4.79 Å². The van der Waals surface area contributed by atoms with Crippen molar-refractivity contribution in [2.75, 3.05) is 13.7 Å². The van der Waals surface area contributed by atoms with Crippen LogP contribution < -0.4 is 15.1 Å². The van der Waals surface area contributed by atoms with E-state index in [1.165, 1.54) is 14.7 Å². The van der Waals surface area contributed by atoms with Crippen LogP contribution in [0.2, 0.25) is 23.2 Å². The molecule has 0 saturated carbocycles. The van der Waals surface area contributed by atoms with Crippen LogP contribution in [0.5, 0.6) is 5.75 Å². The number of sulfonamides is 1. The van der Waals surface area contributed by atoms with Crippen LogP contribution >= 0.6 is 0 Å². The van der Waals surface area contributed by atoms with E-state index in [2.05, 4.69) is 104 Å². The SMILES string of the molecule is C=C[C@@H](C)[C@H](CC[C@@H](C(=O)O[C@H](c1ccccc1)[C@H](C)N(Cc1ccccc1)S(=O)(=O)c1c(C)cc(C)cc1C)[C@H](O)C[C@@](C)(CCCO[Si](c1ccccc1)(c1ccccc1)C(C)(C)C)OCc1ccc(OC)cc1)O[Si](CC)(CC)CC. The fourth-order valence-corrected chi connectivity index (χ4v) is 21.9. The van der Waals surface area contributed by atoms with Gasteiger partial charge in [-0.25, -0.2) is 8.42 Å². The summed E-state index contributed by atoms with van der Waals surface area (Å²) in [5.74, 6) is -1.03. The van der Waals surface area contributed by atoms with Crippen LogP contribution in [0.4, 0.5) is 0 Å². The third-order valence-corrected chi connectivity index (χ3v) is 29.4. The minimum Gasteiger partial charge on any atom is -0.497 e. The molecule has 0 fully saturated rings. The van der Waals surface area contributed by atoms with Crippen molar-refractivity contribution in [1.82, 2.24) is 4.31 Å². The standard InChI is InChI=1S/C71H97NO9SSi2/c1-15-54(6)66(81-83(16-2,17-3)18-4)45-44-64(69(74)80-67(60-34-25-20-26-35-60)57(9)72(51-58-32-23-19-24-33-58)82(75,76)68-55(7)48-53(5)49-56(68)8)65(73)50-71(13,78-52-59-40-42-61(77-14)43-41-59)46-31-47-79-84(70(10,11)12,62-36-27-21-28-37-62)63-38-29-22-30-39-63/h15,19-30,32-43,48-49,54,57,64-67,73H,1,16-18,31,44-47,50-52H2,2-14H3/t54-,57+,64-,65-,66+,67+,71-/m1/s1. The van der Waals surface area contributed by atoms with Gasteiger partial charge in [-0.1, -0.05) is 206 Å². The zero-order valence-electron chi connectivity index (χ0n) is 52.6. The highest BCUT2D eigenvalue weighted by atomic mass is 32.2. The van der Waals surface area contributed by atoms with E-state index in [1.807, 2.05) is 150 Å². The average molecular weight is 1200 g/mol. The van der Waals surface area contributed by atoms with Crippen LogP contribution in [0.15, 0.2) is 175 Å². The Hall–Kier alpha value is -5.49. The summed E-state index contributed by atoms with van der Waals surface area (Å²) in [5, 5.41) is 15.3. The predicted molar refractivity (Wildman–Crippen MR) is 348 cm³/mol. The number of aliphatic hydroxyl groups is 1. The fraction of sp³-hybridized carbons (Fsp3) is 0.451. The van der Waals surface area contributed by atoms with Crippen LogP contribution in [-0.2, 0) is 46.3 Å². The Kier molecular flexibility index (Phi) is 24.7. The largest absolute Gasteiger partial charge is 0.497 e. The molecule has 6 aromatic carbocycles. The maximum atomic E-state index is 15.8. The van der Waals surface area contributed by atoms with Gasteiger partial charge in [0.25, 0.3) is 8.32 Å². The van der Waals surface area contributed by atoms with E-state index in [9.17, 15) is 5.11 Å². The van der Waals surface area contributed by atoms with Crippen LogP contribution in [0.1, 0.15) is 134 Å². The molecule has 7 atom stereocenters. The lowest BCUT2D eigenvalue weighted by atomic mass is 9.84. The quantitative estimate of drug-likeness (QED) is 0.0186. The number of esters is 1. The van der Waals surface area contributed by atoms with E-state index < -0.39 is 62.4 Å². The molecule has 0 unspecified atom stereocenters. The van der Waals surface area contributed by atoms with E-state index in [-0.39, 0.29) is 47.9 Å². The van der Waals surface area contributed by atoms with E-state index in [1.54, 1.807) is 7.11 Å². The number of aryl methyl sites for hydroxylation is 3. The monoisotopic (exact) mass is 1200 g/mol. The summed E-state index contributed by atoms with van der Waals surface area (Å²) in [6, 6.07) is 53.5. The molecule has 13 heteroatoms. The maximum Gasteiger partial charge on any atom is 0.312 e. The predicted octanol–water partition coefficient (Wildman–Crippen LogP) is 15.2. The highest BCUT2D eigenvalue weighted by Crippen LogP contribution is 2.40. The summed E-state index contributed by atoms with van der Waals surface area (Å²) < 4.78 is 66.4. The summed E-state index contributed by atoms with van der Waals surface area (Å²) in [5.41, 5.74) is 3.57. The van der Waals surface area contributed by atoms with Crippen LogP contribution in [-0.4, -0.2) is 78.0 Å². The number of aliphatic hydroxyl groups excluding tert-OH is 1. The molecule has 0 bridgehead atoms. The fourth-order valence-electron chi connectivity index (χ4n) is 12.3. The van der Waals surface area contributed by atoms with Gasteiger partial charge in [-0.2, -0.15) is 4.31 Å². The van der Waals surface area contributed by atoms with Gasteiger partial charge in [0.15, 0.2) is 8.32 Å². The van der Waals surface area contributed by atoms with E-state index in [4.69, 9.17) is 23.1 Å². The molecule has 0 radical (unpaired) electrons. The first-order chi connectivity index (χ1) is 40.0. The lowest BCUT2D eigenvalue weighted by molar-refractivity contribution is -0.164. The lowest BCUT2D eigenvalue weighted by Gasteiger charge is -2.43. The van der Waals surface area contributed by atoms with E-state index in [0.29, 0.717) is 42.6 Å². The van der Waals surface area contributed by atoms with E-state index >= 15 is 13.2 Å². The first-order valence-electron chi connectivity index (χ1n) is 30.4. The van der Waals surface area contributed by atoms with Gasteiger partial charge >= 0.3 is 5.97 Å². The molecule has 6 rings (SSSR count). The molecular weight excluding hydrogens is 1100 g/mol. The highest BCUT2D eigenvalue weighted by Gasteiger charge is 2.50. The molecule has 10 nitrogen and oxygen atoms in total. The average Bonchev–Trinajstić information content (AvgIpc) is 2.44. The Labute approximate surface area is 507 Å². The van der Waals surface area contributed by atoms with Crippen molar-refractivity contribution < 1.29 is 41.4 Å². The molecule has 0 spiro atoms. The van der Waals surface area contributed by atoms with Crippen molar-refractivity contribution in [2.24, 2.45) is 11.8 Å². The lowest BCUT2D eigenvalue weighted by Crippen LogP contribution is -2.66. The topological polar surface area (TPSA) is 121 Å². The molecule has 6 aromatic rings. The maximum absolute atomic E-state index is 15.8. The van der Waals surface area contributed by atoms with Gasteiger partial charge < -0.3 is 28.2 Å². The van der Waals surface area contributed by atoms with Gasteiger partial charge in [0.2, 0.25) is 10.0 Å². The molecule has 1 N–H and O–H groups in total. The summed E-state index contributed by atoms with van der Waals surface area (Å²) >= 11 is 0. The number of hydrogen-bond donors (Lipinski definition) is 1. The molecular formula is C71H97NO9SSi2. The summed E-state index contributed by atoms with van der Waals surface area (Å²) in [6.07, 6.45) is 1.11. The number of carbonyl (C=O) groups is 1. The Bertz CT molecular complexity index is 3010. The Morgan fingerprint density at radius 1 is 0.726 bits per heavy atom. The highest BCUT2D eigenvalue weighted by molar-refractivity contribution is 7.89. The molecule has 84 heavy (non-hydrogen) atoms. The van der Waals surface area contributed by atoms with Crippen molar-refractivity contribution in [1.29, 1.82) is 0 Å². The minimum atomic E-state index is -4.24. The number of methoxy groups -OCH3 is 1. The van der Waals surface area contributed by atoms with Crippen molar-refractivity contribution in [3.63, 3.8) is 0 Å². The van der Waals surface area contributed by atoms with Gasteiger partial charge in [0.05, 0.1) is 48.4 Å². The normalized spacial score (nSPS) is 15.3. The summed E-state index contributed by atoms with van der Waals surface area (Å²) in [4.78, 5) is 16.0.